The Hall–Kier alpha value is -2.29. The minimum absolute atomic E-state index is 0.119. The van der Waals surface area contributed by atoms with E-state index in [-0.39, 0.29) is 48.1 Å². The van der Waals surface area contributed by atoms with Crippen LogP contribution in [0, 0.1) is 23.7 Å². The van der Waals surface area contributed by atoms with Gasteiger partial charge in [0.2, 0.25) is 16.9 Å². The molecule has 2 bridgehead atoms. The first-order valence-electron chi connectivity index (χ1n) is 8.87. The second-order valence-electron chi connectivity index (χ2n) is 7.34. The third-order valence-electron chi connectivity index (χ3n) is 5.40. The van der Waals surface area contributed by atoms with Crippen molar-refractivity contribution in [2.75, 3.05) is 12.0 Å². The van der Waals surface area contributed by atoms with E-state index < -0.39 is 6.03 Å². The summed E-state index contributed by atoms with van der Waals surface area (Å²) in [6.45, 7) is 3.87. The molecule has 3 aliphatic carbocycles. The molecule has 4 aliphatic rings. The van der Waals surface area contributed by atoms with E-state index in [2.05, 4.69) is 33.0 Å². The Kier molecular flexibility index (Phi) is 4.26. The largest absolute Gasteiger partial charge is 0.322 e. The Morgan fingerprint density at radius 1 is 1.19 bits per heavy atom. The van der Waals surface area contributed by atoms with Crippen LogP contribution in [0.3, 0.4) is 0 Å². The van der Waals surface area contributed by atoms with Crippen molar-refractivity contribution in [3.8, 4) is 0 Å². The number of imide groups is 1. The third kappa shape index (κ3) is 2.80. The van der Waals surface area contributed by atoms with Gasteiger partial charge in [0.25, 0.3) is 0 Å². The fourth-order valence-corrected chi connectivity index (χ4v) is 4.84. The molecule has 5 rings (SSSR count). The van der Waals surface area contributed by atoms with E-state index in [0.717, 1.165) is 17.8 Å². The van der Waals surface area contributed by atoms with Gasteiger partial charge in [-0.25, -0.2) is 4.79 Å². The van der Waals surface area contributed by atoms with Crippen molar-refractivity contribution < 1.29 is 14.4 Å². The summed E-state index contributed by atoms with van der Waals surface area (Å²) < 4.78 is 0. The van der Waals surface area contributed by atoms with Gasteiger partial charge >= 0.3 is 6.03 Å². The van der Waals surface area contributed by atoms with E-state index in [0.29, 0.717) is 5.13 Å². The molecule has 4 atom stereocenters. The lowest BCUT2D eigenvalue weighted by molar-refractivity contribution is -0.140. The highest BCUT2D eigenvalue weighted by atomic mass is 32.1. The first-order valence-corrected chi connectivity index (χ1v) is 9.69. The Bertz CT molecular complexity index is 757. The summed E-state index contributed by atoms with van der Waals surface area (Å²) in [6.07, 6.45) is 6.06. The van der Waals surface area contributed by atoms with Crippen LogP contribution in [0.1, 0.15) is 37.6 Å². The minimum Gasteiger partial charge on any atom is -0.320 e. The SMILES string of the molecule is CC(C)c1nnc(NC(=O)NCN2C(=O)[C@@H]3[C@H](C2=O)[C@H]2C=C[C@H]3CC2)s1. The van der Waals surface area contributed by atoms with Crippen molar-refractivity contribution in [2.45, 2.75) is 32.6 Å². The summed E-state index contributed by atoms with van der Waals surface area (Å²) >= 11 is 1.30. The van der Waals surface area contributed by atoms with E-state index >= 15 is 0 Å². The van der Waals surface area contributed by atoms with Crippen LogP contribution in [-0.2, 0) is 9.59 Å². The van der Waals surface area contributed by atoms with Crippen LogP contribution in [0.25, 0.3) is 0 Å². The molecule has 0 spiro atoms. The fourth-order valence-electron chi connectivity index (χ4n) is 4.10. The van der Waals surface area contributed by atoms with Gasteiger partial charge < -0.3 is 5.32 Å². The van der Waals surface area contributed by atoms with Crippen LogP contribution in [0.5, 0.6) is 0 Å². The van der Waals surface area contributed by atoms with Crippen LogP contribution in [0.4, 0.5) is 9.93 Å². The summed E-state index contributed by atoms with van der Waals surface area (Å²) in [6, 6.07) is -0.506. The second kappa shape index (κ2) is 6.46. The molecule has 8 nitrogen and oxygen atoms in total. The van der Waals surface area contributed by atoms with Gasteiger partial charge in [0.1, 0.15) is 11.7 Å². The summed E-state index contributed by atoms with van der Waals surface area (Å²) in [5, 5.41) is 14.3. The monoisotopic (exact) mass is 375 g/mol. The number of amides is 4. The average Bonchev–Trinajstić information content (AvgIpc) is 3.19. The Labute approximate surface area is 155 Å². The van der Waals surface area contributed by atoms with Crippen LogP contribution in [0.2, 0.25) is 0 Å². The molecule has 138 valence electrons. The van der Waals surface area contributed by atoms with Gasteiger partial charge in [-0.2, -0.15) is 0 Å². The summed E-state index contributed by atoms with van der Waals surface area (Å²) in [4.78, 5) is 38.6. The number of urea groups is 1. The van der Waals surface area contributed by atoms with Gasteiger partial charge in [0.15, 0.2) is 0 Å². The number of carbonyl (C=O) groups is 3. The predicted molar refractivity (Wildman–Crippen MR) is 95.2 cm³/mol. The first kappa shape index (κ1) is 17.1. The van der Waals surface area contributed by atoms with E-state index in [1.54, 1.807) is 0 Å². The highest BCUT2D eigenvalue weighted by Crippen LogP contribution is 2.49. The fraction of sp³-hybridized carbons (Fsp3) is 0.588. The quantitative estimate of drug-likeness (QED) is 0.618. The lowest BCUT2D eigenvalue weighted by atomic mass is 9.63. The van der Waals surface area contributed by atoms with E-state index in [4.69, 9.17) is 0 Å². The third-order valence-corrected chi connectivity index (χ3v) is 6.54. The van der Waals surface area contributed by atoms with Crippen LogP contribution >= 0.6 is 11.3 Å². The molecule has 0 aromatic carbocycles. The van der Waals surface area contributed by atoms with Gasteiger partial charge in [-0.3, -0.25) is 19.8 Å². The van der Waals surface area contributed by atoms with Crippen LogP contribution in [-0.4, -0.2) is 39.6 Å². The number of likely N-dealkylation sites (tertiary alicyclic amines) is 1. The molecule has 0 radical (unpaired) electrons. The molecule has 2 heterocycles. The van der Waals surface area contributed by atoms with Gasteiger partial charge in [0.05, 0.1) is 11.8 Å². The first-order chi connectivity index (χ1) is 12.5. The van der Waals surface area contributed by atoms with Crippen molar-refractivity contribution in [2.24, 2.45) is 23.7 Å². The molecule has 2 fully saturated rings. The Morgan fingerprint density at radius 2 is 1.81 bits per heavy atom. The van der Waals surface area contributed by atoms with Crippen LogP contribution in [0.15, 0.2) is 12.2 Å². The van der Waals surface area contributed by atoms with Gasteiger partial charge in [-0.15, -0.1) is 10.2 Å². The number of hydrogen-bond acceptors (Lipinski definition) is 6. The molecule has 26 heavy (non-hydrogen) atoms. The Balaban J connectivity index is 1.36. The van der Waals surface area contributed by atoms with Gasteiger partial charge in [-0.05, 0) is 24.7 Å². The molecular weight excluding hydrogens is 354 g/mol. The molecular formula is C17H21N5O3S. The number of aromatic nitrogens is 2. The van der Waals surface area contributed by atoms with E-state index in [1.165, 1.54) is 16.2 Å². The van der Waals surface area contributed by atoms with E-state index in [1.807, 2.05) is 13.8 Å². The zero-order valence-corrected chi connectivity index (χ0v) is 15.5. The van der Waals surface area contributed by atoms with Crippen molar-refractivity contribution in [1.82, 2.24) is 20.4 Å². The molecule has 2 N–H and O–H groups in total. The standard InChI is InChI=1S/C17H21N5O3S/c1-8(2)13-20-21-17(26-13)19-16(25)18-7-22-14(23)11-9-3-4-10(6-5-9)12(11)15(22)24/h3-4,8-12H,5-7H2,1-2H3,(H2,18,19,21,25)/t9-,10-,11-,12+/m0/s1. The highest BCUT2D eigenvalue weighted by Gasteiger charge is 2.56. The van der Waals surface area contributed by atoms with Crippen molar-refractivity contribution >= 4 is 34.3 Å². The number of rotatable bonds is 4. The highest BCUT2D eigenvalue weighted by molar-refractivity contribution is 7.15. The van der Waals surface area contributed by atoms with Crippen molar-refractivity contribution in [3.63, 3.8) is 0 Å². The van der Waals surface area contributed by atoms with Crippen molar-refractivity contribution in [3.05, 3.63) is 17.2 Å². The maximum Gasteiger partial charge on any atom is 0.322 e. The normalized spacial score (nSPS) is 29.4. The topological polar surface area (TPSA) is 104 Å². The lowest BCUT2D eigenvalue weighted by Gasteiger charge is -2.38. The maximum atomic E-state index is 12.7. The molecule has 9 heteroatoms. The number of fused-ring (bicyclic) bond motifs is 1. The van der Waals surface area contributed by atoms with Gasteiger partial charge in [0, 0.05) is 5.92 Å². The number of carbonyl (C=O) groups excluding carboxylic acids is 3. The smallest absolute Gasteiger partial charge is 0.320 e. The second-order valence-corrected chi connectivity index (χ2v) is 8.34. The molecule has 1 saturated heterocycles. The van der Waals surface area contributed by atoms with Crippen molar-refractivity contribution in [1.29, 1.82) is 0 Å². The zero-order valence-electron chi connectivity index (χ0n) is 14.6. The number of hydrogen-bond donors (Lipinski definition) is 2. The predicted octanol–water partition coefficient (Wildman–Crippen LogP) is 1.94. The Morgan fingerprint density at radius 3 is 2.31 bits per heavy atom. The molecule has 1 saturated carbocycles. The van der Waals surface area contributed by atoms with Gasteiger partial charge in [-0.1, -0.05) is 37.3 Å². The minimum atomic E-state index is -0.506. The van der Waals surface area contributed by atoms with E-state index in [9.17, 15) is 14.4 Å². The molecule has 1 aromatic rings. The summed E-state index contributed by atoms with van der Waals surface area (Å²) in [5.74, 6) is -0.319. The number of allylic oxidation sites excluding steroid dienone is 2. The zero-order chi connectivity index (χ0) is 18.4. The lowest BCUT2D eigenvalue weighted by Crippen LogP contribution is -2.43. The maximum absolute atomic E-state index is 12.7. The van der Waals surface area contributed by atoms with Crippen LogP contribution < -0.4 is 10.6 Å². The number of anilines is 1. The number of nitrogens with zero attached hydrogens (tertiary/aromatic N) is 3. The molecule has 1 aromatic heterocycles. The number of nitrogens with one attached hydrogen (secondary N) is 2. The molecule has 1 aliphatic heterocycles. The molecule has 4 amide bonds. The molecule has 0 unspecified atom stereocenters. The summed E-state index contributed by atoms with van der Waals surface area (Å²) in [5.41, 5.74) is 0. The summed E-state index contributed by atoms with van der Waals surface area (Å²) in [7, 11) is 0. The average molecular weight is 375 g/mol.